The molecule has 6 heteroatoms. The lowest BCUT2D eigenvalue weighted by Gasteiger charge is -2.26. The third-order valence-electron chi connectivity index (χ3n) is 2.76. The van der Waals surface area contributed by atoms with Crippen molar-refractivity contribution in [3.8, 4) is 0 Å². The van der Waals surface area contributed by atoms with Crippen LogP contribution in [-0.2, 0) is 4.79 Å². The van der Waals surface area contributed by atoms with E-state index in [9.17, 15) is 9.18 Å². The van der Waals surface area contributed by atoms with Crippen LogP contribution in [0.25, 0.3) is 0 Å². The van der Waals surface area contributed by atoms with E-state index in [1.807, 2.05) is 6.07 Å². The highest BCUT2D eigenvalue weighted by Gasteiger charge is 2.25. The molecule has 0 aromatic heterocycles. The summed E-state index contributed by atoms with van der Waals surface area (Å²) in [5.41, 5.74) is 6.37. The SMILES string of the molecule is C[C@@H](N)C(=O)NC1CCSc2c(F)cccc21.Cl. The first-order valence-electron chi connectivity index (χ1n) is 5.56. The number of carbonyl (C=O) groups is 1. The van der Waals surface area contributed by atoms with Gasteiger partial charge in [-0.05, 0) is 25.0 Å². The van der Waals surface area contributed by atoms with Crippen LogP contribution in [0.15, 0.2) is 23.1 Å². The second kappa shape index (κ2) is 6.41. The van der Waals surface area contributed by atoms with Crippen LogP contribution >= 0.6 is 24.2 Å². The second-order valence-electron chi connectivity index (χ2n) is 4.15. The number of rotatable bonds is 2. The number of benzene rings is 1. The molecule has 0 bridgehead atoms. The van der Waals surface area contributed by atoms with Crippen LogP contribution in [0.4, 0.5) is 4.39 Å². The molecule has 1 amide bonds. The number of amides is 1. The summed E-state index contributed by atoms with van der Waals surface area (Å²) < 4.78 is 13.6. The minimum Gasteiger partial charge on any atom is -0.348 e. The maximum Gasteiger partial charge on any atom is 0.237 e. The van der Waals surface area contributed by atoms with Gasteiger partial charge in [0.05, 0.1) is 12.1 Å². The van der Waals surface area contributed by atoms with Crippen LogP contribution in [0.3, 0.4) is 0 Å². The highest BCUT2D eigenvalue weighted by atomic mass is 35.5. The van der Waals surface area contributed by atoms with Gasteiger partial charge < -0.3 is 11.1 Å². The third-order valence-corrected chi connectivity index (χ3v) is 3.92. The number of carbonyl (C=O) groups excluding carboxylic acids is 1. The predicted molar refractivity (Wildman–Crippen MR) is 73.5 cm³/mol. The summed E-state index contributed by atoms with van der Waals surface area (Å²) in [4.78, 5) is 12.2. The fourth-order valence-corrected chi connectivity index (χ4v) is 2.98. The van der Waals surface area contributed by atoms with E-state index in [2.05, 4.69) is 5.32 Å². The summed E-state index contributed by atoms with van der Waals surface area (Å²) in [6.45, 7) is 1.64. The molecule has 1 aliphatic heterocycles. The Morgan fingerprint density at radius 2 is 2.33 bits per heavy atom. The number of halogens is 2. The molecule has 2 atom stereocenters. The second-order valence-corrected chi connectivity index (χ2v) is 5.25. The van der Waals surface area contributed by atoms with Crippen molar-refractivity contribution in [3.63, 3.8) is 0 Å². The number of hydrogen-bond donors (Lipinski definition) is 2. The summed E-state index contributed by atoms with van der Waals surface area (Å²) in [5.74, 6) is 0.391. The molecule has 0 spiro atoms. The van der Waals surface area contributed by atoms with Crippen molar-refractivity contribution in [3.05, 3.63) is 29.6 Å². The highest BCUT2D eigenvalue weighted by Crippen LogP contribution is 2.37. The van der Waals surface area contributed by atoms with E-state index < -0.39 is 6.04 Å². The standard InChI is InChI=1S/C12H15FN2OS.ClH/c1-7(14)12(16)15-10-5-6-17-11-8(10)3-2-4-9(11)13;/h2-4,7,10H,5-6,14H2,1H3,(H,15,16);1H/t7-,10?;/m1./s1. The maximum absolute atomic E-state index is 13.6. The molecule has 1 aliphatic rings. The summed E-state index contributed by atoms with van der Waals surface area (Å²) in [6.07, 6.45) is 0.805. The monoisotopic (exact) mass is 290 g/mol. The smallest absolute Gasteiger partial charge is 0.237 e. The summed E-state index contributed by atoms with van der Waals surface area (Å²) in [6, 6.07) is 4.31. The van der Waals surface area contributed by atoms with Gasteiger partial charge >= 0.3 is 0 Å². The Hall–Kier alpha value is -0.780. The summed E-state index contributed by atoms with van der Waals surface area (Å²) >= 11 is 1.50. The molecule has 1 aromatic carbocycles. The largest absolute Gasteiger partial charge is 0.348 e. The number of nitrogens with one attached hydrogen (secondary N) is 1. The zero-order chi connectivity index (χ0) is 12.4. The van der Waals surface area contributed by atoms with E-state index >= 15 is 0 Å². The van der Waals surface area contributed by atoms with Crippen LogP contribution in [-0.4, -0.2) is 17.7 Å². The molecule has 0 saturated heterocycles. The average Bonchev–Trinajstić information content (AvgIpc) is 2.30. The molecule has 18 heavy (non-hydrogen) atoms. The van der Waals surface area contributed by atoms with Gasteiger partial charge in [-0.3, -0.25) is 4.79 Å². The summed E-state index contributed by atoms with van der Waals surface area (Å²) in [7, 11) is 0. The first-order valence-corrected chi connectivity index (χ1v) is 6.55. The van der Waals surface area contributed by atoms with Crippen molar-refractivity contribution in [1.82, 2.24) is 5.32 Å². The van der Waals surface area contributed by atoms with E-state index in [4.69, 9.17) is 5.73 Å². The number of nitrogens with two attached hydrogens (primary N) is 1. The molecule has 1 unspecified atom stereocenters. The minimum absolute atomic E-state index is 0. The van der Waals surface area contributed by atoms with Crippen LogP contribution in [0.5, 0.6) is 0 Å². The zero-order valence-corrected chi connectivity index (χ0v) is 11.6. The van der Waals surface area contributed by atoms with Crippen molar-refractivity contribution in [2.24, 2.45) is 5.73 Å². The van der Waals surface area contributed by atoms with Gasteiger partial charge in [0.15, 0.2) is 0 Å². The molecule has 2 rings (SSSR count). The molecule has 100 valence electrons. The Morgan fingerprint density at radius 3 is 3.00 bits per heavy atom. The Kier molecular flexibility index (Phi) is 5.44. The van der Waals surface area contributed by atoms with Crippen LogP contribution in [0, 0.1) is 5.82 Å². The number of hydrogen-bond acceptors (Lipinski definition) is 3. The van der Waals surface area contributed by atoms with Crippen molar-refractivity contribution in [1.29, 1.82) is 0 Å². The van der Waals surface area contributed by atoms with Gasteiger partial charge in [-0.1, -0.05) is 12.1 Å². The minimum atomic E-state index is -0.540. The van der Waals surface area contributed by atoms with Crippen LogP contribution in [0.1, 0.15) is 24.9 Å². The number of fused-ring (bicyclic) bond motifs is 1. The topological polar surface area (TPSA) is 55.1 Å². The van der Waals surface area contributed by atoms with E-state index in [-0.39, 0.29) is 30.2 Å². The van der Waals surface area contributed by atoms with E-state index in [1.165, 1.54) is 17.8 Å². The Balaban J connectivity index is 0.00000162. The zero-order valence-electron chi connectivity index (χ0n) is 9.98. The van der Waals surface area contributed by atoms with Crippen LogP contribution in [0.2, 0.25) is 0 Å². The third kappa shape index (κ3) is 3.16. The molecule has 0 fully saturated rings. The molecule has 0 aliphatic carbocycles. The van der Waals surface area contributed by atoms with Gasteiger partial charge in [0.2, 0.25) is 5.91 Å². The molecule has 3 N–H and O–H groups in total. The van der Waals surface area contributed by atoms with Crippen LogP contribution < -0.4 is 11.1 Å². The first kappa shape index (κ1) is 15.3. The van der Waals surface area contributed by atoms with Gasteiger partial charge in [-0.25, -0.2) is 4.39 Å². The predicted octanol–water partition coefficient (Wildman–Crippen LogP) is 2.25. The molecular formula is C12H16ClFN2OS. The lowest BCUT2D eigenvalue weighted by Crippen LogP contribution is -2.41. The Morgan fingerprint density at radius 1 is 1.61 bits per heavy atom. The normalized spacial score (nSPS) is 19.4. The Labute approximate surface area is 116 Å². The molecule has 1 aromatic rings. The van der Waals surface area contributed by atoms with Crippen molar-refractivity contribution in [2.75, 3.05) is 5.75 Å². The lowest BCUT2D eigenvalue weighted by atomic mass is 10.0. The lowest BCUT2D eigenvalue weighted by molar-refractivity contribution is -0.122. The van der Waals surface area contributed by atoms with Crippen molar-refractivity contribution in [2.45, 2.75) is 30.3 Å². The number of thioether (sulfide) groups is 1. The van der Waals surface area contributed by atoms with E-state index in [0.717, 1.165) is 17.7 Å². The quantitative estimate of drug-likeness (QED) is 0.878. The van der Waals surface area contributed by atoms with Crippen molar-refractivity contribution < 1.29 is 9.18 Å². The molecular weight excluding hydrogens is 275 g/mol. The molecule has 0 saturated carbocycles. The van der Waals surface area contributed by atoms with Gasteiger partial charge in [0.1, 0.15) is 5.82 Å². The summed E-state index contributed by atoms with van der Waals surface area (Å²) in [5, 5.41) is 2.86. The maximum atomic E-state index is 13.6. The fraction of sp³-hybridized carbons (Fsp3) is 0.417. The van der Waals surface area contributed by atoms with Gasteiger partial charge in [0, 0.05) is 10.6 Å². The molecule has 1 heterocycles. The van der Waals surface area contributed by atoms with Gasteiger partial charge in [-0.2, -0.15) is 0 Å². The Bertz CT molecular complexity index is 442. The first-order chi connectivity index (χ1) is 8.09. The molecule has 3 nitrogen and oxygen atoms in total. The highest BCUT2D eigenvalue weighted by molar-refractivity contribution is 7.99. The fourth-order valence-electron chi connectivity index (χ4n) is 1.84. The van der Waals surface area contributed by atoms with E-state index in [0.29, 0.717) is 4.90 Å². The molecule has 0 radical (unpaired) electrons. The van der Waals surface area contributed by atoms with Gasteiger partial charge in [-0.15, -0.1) is 24.2 Å². The van der Waals surface area contributed by atoms with Gasteiger partial charge in [0.25, 0.3) is 0 Å². The average molecular weight is 291 g/mol. The van der Waals surface area contributed by atoms with E-state index in [1.54, 1.807) is 13.0 Å². The van der Waals surface area contributed by atoms with Crippen molar-refractivity contribution >= 4 is 30.1 Å².